The lowest BCUT2D eigenvalue weighted by Gasteiger charge is -2.26. The zero-order chi connectivity index (χ0) is 23.8. The Bertz CT molecular complexity index is 989. The van der Waals surface area contributed by atoms with Gasteiger partial charge < -0.3 is 19.6 Å². The highest BCUT2D eigenvalue weighted by atomic mass is 32.1. The minimum Gasteiger partial charge on any atom is -0.481 e. The molecule has 1 saturated carbocycles. The lowest BCUT2D eigenvalue weighted by Crippen LogP contribution is -2.36. The van der Waals surface area contributed by atoms with Crippen molar-refractivity contribution in [3.05, 3.63) is 46.4 Å². The van der Waals surface area contributed by atoms with E-state index < -0.39 is 18.2 Å². The second-order valence-corrected chi connectivity index (χ2v) is 9.42. The highest BCUT2D eigenvalue weighted by molar-refractivity contribution is 7.07. The molecule has 3 atom stereocenters. The van der Waals surface area contributed by atoms with E-state index >= 15 is 0 Å². The summed E-state index contributed by atoms with van der Waals surface area (Å²) in [5.41, 5.74) is 2.41. The topological polar surface area (TPSA) is 83.0 Å². The number of rotatable bonds is 9. The van der Waals surface area contributed by atoms with E-state index in [4.69, 9.17) is 5.11 Å². The van der Waals surface area contributed by atoms with Crippen LogP contribution in [0.4, 0.5) is 13.2 Å². The van der Waals surface area contributed by atoms with Gasteiger partial charge in [0.2, 0.25) is 0 Å². The third-order valence-electron chi connectivity index (χ3n) is 6.28. The molecule has 2 aromatic rings. The first-order chi connectivity index (χ1) is 15.6. The minimum absolute atomic E-state index is 0.140. The Morgan fingerprint density at radius 2 is 2.06 bits per heavy atom. The molecule has 1 aromatic carbocycles. The second kappa shape index (κ2) is 9.30. The summed E-state index contributed by atoms with van der Waals surface area (Å²) in [5, 5.41) is 10.8. The Morgan fingerprint density at radius 3 is 2.67 bits per heavy atom. The summed E-state index contributed by atoms with van der Waals surface area (Å²) < 4.78 is 41.8. The normalized spacial score (nSPS) is 23.1. The van der Waals surface area contributed by atoms with Crippen molar-refractivity contribution in [1.82, 2.24) is 14.8 Å². The van der Waals surface area contributed by atoms with E-state index in [0.717, 1.165) is 13.1 Å². The number of alkyl halides is 3. The summed E-state index contributed by atoms with van der Waals surface area (Å²) in [7, 11) is 0. The maximum atomic E-state index is 13.1. The van der Waals surface area contributed by atoms with Crippen LogP contribution in [0, 0.1) is 23.7 Å². The van der Waals surface area contributed by atoms with Crippen LogP contribution in [-0.4, -0.2) is 64.3 Å². The van der Waals surface area contributed by atoms with Crippen LogP contribution < -0.4 is 4.74 Å². The molecule has 33 heavy (non-hydrogen) atoms. The van der Waals surface area contributed by atoms with E-state index in [2.05, 4.69) is 14.6 Å². The zero-order valence-corrected chi connectivity index (χ0v) is 18.7. The number of aliphatic carboxylic acids is 1. The predicted octanol–water partition coefficient (Wildman–Crippen LogP) is 3.58. The van der Waals surface area contributed by atoms with E-state index in [-0.39, 0.29) is 24.1 Å². The highest BCUT2D eigenvalue weighted by Crippen LogP contribution is 2.52. The van der Waals surface area contributed by atoms with Crippen LogP contribution >= 0.6 is 11.3 Å². The van der Waals surface area contributed by atoms with Crippen LogP contribution in [0.1, 0.15) is 23.0 Å². The number of carboxylic acids is 1. The van der Waals surface area contributed by atoms with Crippen molar-refractivity contribution >= 4 is 23.2 Å². The molecule has 2 aliphatic rings. The van der Waals surface area contributed by atoms with Crippen molar-refractivity contribution < 1.29 is 32.6 Å². The quantitative estimate of drug-likeness (QED) is 0.587. The Labute approximate surface area is 192 Å². The molecule has 1 N–H and O–H groups in total. The summed E-state index contributed by atoms with van der Waals surface area (Å²) in [6, 6.07) is 5.64. The van der Waals surface area contributed by atoms with E-state index in [1.54, 1.807) is 28.8 Å². The van der Waals surface area contributed by atoms with Crippen LogP contribution in [0.5, 0.6) is 5.75 Å². The average molecular weight is 484 g/mol. The number of benzene rings is 1. The predicted molar refractivity (Wildman–Crippen MR) is 114 cm³/mol. The fraction of sp³-hybridized carbons (Fsp3) is 0.500. The highest BCUT2D eigenvalue weighted by Gasteiger charge is 2.56. The molecule has 2 heterocycles. The van der Waals surface area contributed by atoms with Gasteiger partial charge in [-0.2, -0.15) is 0 Å². The van der Waals surface area contributed by atoms with Crippen LogP contribution in [0.3, 0.4) is 0 Å². The fourth-order valence-corrected chi connectivity index (χ4v) is 5.16. The molecule has 0 spiro atoms. The third-order valence-corrected chi connectivity index (χ3v) is 6.86. The van der Waals surface area contributed by atoms with Gasteiger partial charge in [-0.3, -0.25) is 9.59 Å². The molecular weight excluding hydrogens is 459 g/mol. The average Bonchev–Trinajstić information content (AvgIpc) is 3.13. The number of nitrogens with zero attached hydrogens (tertiary/aromatic N) is 3. The van der Waals surface area contributed by atoms with E-state index in [9.17, 15) is 22.8 Å². The molecule has 1 aromatic heterocycles. The van der Waals surface area contributed by atoms with Gasteiger partial charge in [-0.1, -0.05) is 19.1 Å². The lowest BCUT2D eigenvalue weighted by atomic mass is 10.1. The Morgan fingerprint density at radius 1 is 1.33 bits per heavy atom. The van der Waals surface area contributed by atoms with Gasteiger partial charge in [0.25, 0.3) is 5.91 Å². The number of carbonyl (C=O) groups excluding carboxylic acids is 1. The van der Waals surface area contributed by atoms with Gasteiger partial charge in [-0.05, 0) is 35.4 Å². The van der Waals surface area contributed by atoms with Crippen LogP contribution in [0.2, 0.25) is 0 Å². The molecule has 4 rings (SSSR count). The van der Waals surface area contributed by atoms with Crippen molar-refractivity contribution in [2.75, 3.05) is 26.2 Å². The van der Waals surface area contributed by atoms with Crippen LogP contribution in [-0.2, 0) is 11.3 Å². The monoisotopic (exact) mass is 483 g/mol. The number of fused-ring (bicyclic) bond motifs is 1. The molecule has 0 bridgehead atoms. The minimum atomic E-state index is -4.79. The summed E-state index contributed by atoms with van der Waals surface area (Å²) in [6.45, 7) is 4.39. The number of hydrogen-bond acceptors (Lipinski definition) is 6. The molecule has 3 unspecified atom stereocenters. The SMILES string of the molecule is CC(CN1CC2C(C1)C2CN(Cc1cccc(OC(F)(F)F)c1)C(=O)c1cscn1)C(=O)O. The molecular formula is C22H24F3N3O4S. The van der Waals surface area contributed by atoms with Gasteiger partial charge in [-0.15, -0.1) is 24.5 Å². The molecule has 2 fully saturated rings. The largest absolute Gasteiger partial charge is 0.573 e. The lowest BCUT2D eigenvalue weighted by molar-refractivity contribution is -0.274. The first-order valence-electron chi connectivity index (χ1n) is 10.6. The molecule has 1 aliphatic heterocycles. The first kappa shape index (κ1) is 23.5. The first-order valence-corrected chi connectivity index (χ1v) is 11.5. The smallest absolute Gasteiger partial charge is 0.481 e. The van der Waals surface area contributed by atoms with Gasteiger partial charge in [0.15, 0.2) is 0 Å². The molecule has 178 valence electrons. The Kier molecular flexibility index (Phi) is 6.62. The van der Waals surface area contributed by atoms with Gasteiger partial charge in [0, 0.05) is 38.1 Å². The number of likely N-dealkylation sites (tertiary alicyclic amines) is 1. The fourth-order valence-electron chi connectivity index (χ4n) is 4.64. The third kappa shape index (κ3) is 5.83. The van der Waals surface area contributed by atoms with Gasteiger partial charge in [0.05, 0.1) is 11.4 Å². The Balaban J connectivity index is 1.42. The number of thiazole rings is 1. The van der Waals surface area contributed by atoms with Crippen molar-refractivity contribution in [3.63, 3.8) is 0 Å². The number of amides is 1. The number of halogens is 3. The number of ether oxygens (including phenoxy) is 1. The van der Waals surface area contributed by atoms with Gasteiger partial charge >= 0.3 is 12.3 Å². The van der Waals surface area contributed by atoms with Crippen molar-refractivity contribution in [2.24, 2.45) is 23.7 Å². The number of hydrogen-bond donors (Lipinski definition) is 1. The Hall–Kier alpha value is -2.66. The summed E-state index contributed by atoms with van der Waals surface area (Å²) in [5.74, 6) is -0.794. The molecule has 1 amide bonds. The standard InChI is InChI=1S/C22H24F3N3O4S/c1-13(21(30)31)6-27-8-16-17(9-27)18(16)10-28(20(29)19-11-33-12-26-19)7-14-3-2-4-15(5-14)32-22(23,24)25/h2-5,11-13,16-18H,6-10H2,1H3,(H,30,31). The van der Waals surface area contributed by atoms with Gasteiger partial charge in [0.1, 0.15) is 11.4 Å². The van der Waals surface area contributed by atoms with Crippen molar-refractivity contribution in [1.29, 1.82) is 0 Å². The van der Waals surface area contributed by atoms with Gasteiger partial charge in [-0.25, -0.2) is 4.98 Å². The molecule has 1 saturated heterocycles. The second-order valence-electron chi connectivity index (χ2n) is 8.70. The van der Waals surface area contributed by atoms with E-state index in [1.165, 1.54) is 29.5 Å². The summed E-state index contributed by atoms with van der Waals surface area (Å²) in [6.07, 6.45) is -4.79. The van der Waals surface area contributed by atoms with Crippen molar-refractivity contribution in [2.45, 2.75) is 19.8 Å². The van der Waals surface area contributed by atoms with Crippen molar-refractivity contribution in [3.8, 4) is 5.75 Å². The maximum Gasteiger partial charge on any atom is 0.573 e. The number of piperidine rings is 1. The maximum absolute atomic E-state index is 13.1. The van der Waals surface area contributed by atoms with E-state index in [0.29, 0.717) is 36.2 Å². The molecule has 11 heteroatoms. The summed E-state index contributed by atoms with van der Waals surface area (Å²) >= 11 is 1.30. The zero-order valence-electron chi connectivity index (χ0n) is 17.9. The van der Waals surface area contributed by atoms with Crippen LogP contribution in [0.25, 0.3) is 0 Å². The van der Waals surface area contributed by atoms with E-state index in [1.807, 2.05) is 0 Å². The molecule has 1 aliphatic carbocycles. The molecule has 7 nitrogen and oxygen atoms in total. The van der Waals surface area contributed by atoms with Crippen LogP contribution in [0.15, 0.2) is 35.2 Å². The summed E-state index contributed by atoms with van der Waals surface area (Å²) in [4.78, 5) is 32.1. The molecule has 0 radical (unpaired) electrons. The number of carboxylic acid groups (broad SMARTS) is 1. The number of aromatic nitrogens is 1. The number of carbonyl (C=O) groups is 2.